The van der Waals surface area contributed by atoms with Gasteiger partial charge in [0, 0.05) is 55.8 Å². The van der Waals surface area contributed by atoms with Crippen molar-refractivity contribution in [2.24, 2.45) is 0 Å². The number of nitrogens with zero attached hydrogens (tertiary/aromatic N) is 2. The third kappa shape index (κ3) is 4.38. The van der Waals surface area contributed by atoms with Crippen molar-refractivity contribution < 1.29 is 9.47 Å². The van der Waals surface area contributed by atoms with Gasteiger partial charge in [-0.05, 0) is 25.6 Å². The molecule has 6 heteroatoms. The van der Waals surface area contributed by atoms with E-state index in [-0.39, 0.29) is 6.10 Å². The molecule has 5 nitrogen and oxygen atoms in total. The van der Waals surface area contributed by atoms with E-state index in [9.17, 15) is 0 Å². The molecule has 0 amide bonds. The van der Waals surface area contributed by atoms with Crippen LogP contribution >= 0.6 is 15.9 Å². The smallest absolute Gasteiger partial charge is 0.165 e. The summed E-state index contributed by atoms with van der Waals surface area (Å²) in [6.07, 6.45) is 1.25. The van der Waals surface area contributed by atoms with Crippen LogP contribution in [0.2, 0.25) is 0 Å². The van der Waals surface area contributed by atoms with Gasteiger partial charge in [0.2, 0.25) is 0 Å². The van der Waals surface area contributed by atoms with Crippen LogP contribution in [-0.2, 0) is 6.42 Å². The van der Waals surface area contributed by atoms with Crippen molar-refractivity contribution in [1.29, 1.82) is 0 Å². The lowest BCUT2D eigenvalue weighted by Crippen LogP contribution is -2.51. The van der Waals surface area contributed by atoms with E-state index in [2.05, 4.69) is 44.2 Å². The van der Waals surface area contributed by atoms with Crippen LogP contribution in [0.1, 0.15) is 5.56 Å². The Morgan fingerprint density at radius 1 is 1.26 bits per heavy atom. The molecule has 2 fully saturated rings. The molecule has 1 aromatic rings. The van der Waals surface area contributed by atoms with Gasteiger partial charge in [-0.25, -0.2) is 0 Å². The highest BCUT2D eigenvalue weighted by Gasteiger charge is 2.27. The largest absolute Gasteiger partial charge is 0.493 e. The quantitative estimate of drug-likeness (QED) is 0.807. The van der Waals surface area contributed by atoms with E-state index in [1.54, 1.807) is 7.11 Å². The number of likely N-dealkylation sites (N-methyl/N-ethyl adjacent to an activating group) is 1. The molecule has 0 saturated carbocycles. The first-order valence-corrected chi connectivity index (χ1v) is 9.09. The Balaban J connectivity index is 1.71. The molecule has 0 bridgehead atoms. The van der Waals surface area contributed by atoms with Crippen LogP contribution in [-0.4, -0.2) is 75.9 Å². The Bertz CT molecular complexity index is 529. The maximum Gasteiger partial charge on any atom is 0.165 e. The number of ether oxygens (including phenoxy) is 2. The minimum Gasteiger partial charge on any atom is -0.493 e. The Morgan fingerprint density at radius 3 is 2.65 bits per heavy atom. The molecule has 23 heavy (non-hydrogen) atoms. The summed E-state index contributed by atoms with van der Waals surface area (Å²) in [5, 5.41) is 3.40. The number of likely N-dealkylation sites (tertiary alicyclic amines) is 1. The molecule has 0 spiro atoms. The van der Waals surface area contributed by atoms with E-state index in [1.807, 2.05) is 6.07 Å². The molecular weight excluding hydrogens is 358 g/mol. The van der Waals surface area contributed by atoms with Gasteiger partial charge in [-0.1, -0.05) is 15.9 Å². The number of rotatable bonds is 6. The average Bonchev–Trinajstić information content (AvgIpc) is 2.53. The summed E-state index contributed by atoms with van der Waals surface area (Å²) in [6, 6.07) is 4.16. The van der Waals surface area contributed by atoms with Gasteiger partial charge in [-0.3, -0.25) is 4.90 Å². The lowest BCUT2D eigenvalue weighted by atomic mass is 10.1. The summed E-state index contributed by atoms with van der Waals surface area (Å²) >= 11 is 3.59. The van der Waals surface area contributed by atoms with E-state index in [4.69, 9.17) is 9.47 Å². The second-order valence-electron chi connectivity index (χ2n) is 6.40. The number of nitrogens with one attached hydrogen (secondary N) is 1. The van der Waals surface area contributed by atoms with Gasteiger partial charge in [0.1, 0.15) is 6.10 Å². The highest BCUT2D eigenvalue weighted by atomic mass is 79.9. The SMILES string of the molecule is COc1cc(Br)cc(CCN2CCNCC2)c1OC1CN(C)C1. The first-order chi connectivity index (χ1) is 11.2. The fraction of sp³-hybridized carbons (Fsp3) is 0.647. The van der Waals surface area contributed by atoms with Gasteiger partial charge in [-0.15, -0.1) is 0 Å². The Hall–Kier alpha value is -0.820. The van der Waals surface area contributed by atoms with E-state index in [0.717, 1.165) is 68.2 Å². The molecule has 1 N–H and O–H groups in total. The van der Waals surface area contributed by atoms with Crippen molar-refractivity contribution in [2.45, 2.75) is 12.5 Å². The van der Waals surface area contributed by atoms with Crippen molar-refractivity contribution >= 4 is 15.9 Å². The molecule has 0 atom stereocenters. The average molecular weight is 384 g/mol. The van der Waals surface area contributed by atoms with Crippen LogP contribution in [0.25, 0.3) is 0 Å². The lowest BCUT2D eigenvalue weighted by molar-refractivity contribution is 0.0361. The summed E-state index contributed by atoms with van der Waals surface area (Å²) in [6.45, 7) is 7.43. The number of hydrogen-bond acceptors (Lipinski definition) is 5. The van der Waals surface area contributed by atoms with Crippen LogP contribution in [0.15, 0.2) is 16.6 Å². The Morgan fingerprint density at radius 2 is 2.00 bits per heavy atom. The summed E-state index contributed by atoms with van der Waals surface area (Å²) in [4.78, 5) is 4.77. The first kappa shape index (κ1) is 17.0. The molecule has 0 aromatic heterocycles. The van der Waals surface area contributed by atoms with Gasteiger partial charge in [0.15, 0.2) is 11.5 Å². The van der Waals surface area contributed by atoms with Crippen molar-refractivity contribution in [2.75, 3.05) is 60.0 Å². The van der Waals surface area contributed by atoms with Crippen LogP contribution in [0, 0.1) is 0 Å². The first-order valence-electron chi connectivity index (χ1n) is 8.30. The lowest BCUT2D eigenvalue weighted by Gasteiger charge is -2.37. The molecule has 0 aliphatic carbocycles. The minimum absolute atomic E-state index is 0.271. The van der Waals surface area contributed by atoms with E-state index in [1.165, 1.54) is 5.56 Å². The Kier molecular flexibility index (Phi) is 5.80. The van der Waals surface area contributed by atoms with Gasteiger partial charge >= 0.3 is 0 Å². The zero-order chi connectivity index (χ0) is 16.2. The molecule has 2 aliphatic rings. The molecule has 3 rings (SSSR count). The minimum atomic E-state index is 0.271. The maximum absolute atomic E-state index is 6.25. The summed E-state index contributed by atoms with van der Waals surface area (Å²) < 4.78 is 12.9. The molecule has 1 aromatic carbocycles. The van der Waals surface area contributed by atoms with Gasteiger partial charge < -0.3 is 19.7 Å². The highest BCUT2D eigenvalue weighted by Crippen LogP contribution is 2.36. The Labute approximate surface area is 147 Å². The molecule has 2 heterocycles. The molecule has 0 unspecified atom stereocenters. The van der Waals surface area contributed by atoms with Gasteiger partial charge in [0.25, 0.3) is 0 Å². The van der Waals surface area contributed by atoms with Gasteiger partial charge in [-0.2, -0.15) is 0 Å². The van der Waals surface area contributed by atoms with Crippen LogP contribution in [0.3, 0.4) is 0 Å². The normalized spacial score (nSPS) is 20.3. The second-order valence-corrected chi connectivity index (χ2v) is 7.31. The third-order valence-electron chi connectivity index (χ3n) is 4.54. The predicted molar refractivity (Wildman–Crippen MR) is 95.6 cm³/mol. The number of hydrogen-bond donors (Lipinski definition) is 1. The van der Waals surface area contributed by atoms with Gasteiger partial charge in [0.05, 0.1) is 7.11 Å². The molecule has 2 aliphatic heterocycles. The fourth-order valence-corrected chi connectivity index (χ4v) is 3.67. The summed E-state index contributed by atoms with van der Waals surface area (Å²) in [7, 11) is 3.82. The highest BCUT2D eigenvalue weighted by molar-refractivity contribution is 9.10. The van der Waals surface area contributed by atoms with Crippen molar-refractivity contribution in [1.82, 2.24) is 15.1 Å². The number of halogens is 1. The number of benzene rings is 1. The van der Waals surface area contributed by atoms with Crippen molar-refractivity contribution in [3.8, 4) is 11.5 Å². The van der Waals surface area contributed by atoms with Crippen LogP contribution in [0.5, 0.6) is 11.5 Å². The summed E-state index contributed by atoms with van der Waals surface area (Å²) in [5.41, 5.74) is 1.23. The van der Waals surface area contributed by atoms with E-state index >= 15 is 0 Å². The third-order valence-corrected chi connectivity index (χ3v) is 5.00. The van der Waals surface area contributed by atoms with Crippen molar-refractivity contribution in [3.05, 3.63) is 22.2 Å². The zero-order valence-corrected chi connectivity index (χ0v) is 15.6. The molecule has 2 saturated heterocycles. The van der Waals surface area contributed by atoms with Crippen LogP contribution in [0.4, 0.5) is 0 Å². The maximum atomic E-state index is 6.25. The molecule has 0 radical (unpaired) electrons. The number of piperazine rings is 1. The van der Waals surface area contributed by atoms with E-state index in [0.29, 0.717) is 0 Å². The van der Waals surface area contributed by atoms with Crippen LogP contribution < -0.4 is 14.8 Å². The molecule has 128 valence electrons. The van der Waals surface area contributed by atoms with E-state index < -0.39 is 0 Å². The monoisotopic (exact) mass is 383 g/mol. The second kappa shape index (κ2) is 7.83. The predicted octanol–water partition coefficient (Wildman–Crippen LogP) is 1.60. The zero-order valence-electron chi connectivity index (χ0n) is 14.0. The standard InChI is InChI=1S/C17H26BrN3O2/c1-20-11-15(12-20)23-17-13(9-14(18)10-16(17)22-2)3-6-21-7-4-19-5-8-21/h9-10,15,19H,3-8,11-12H2,1-2H3. The summed E-state index contributed by atoms with van der Waals surface area (Å²) in [5.74, 6) is 1.74. The topological polar surface area (TPSA) is 37.0 Å². The number of methoxy groups -OCH3 is 1. The van der Waals surface area contributed by atoms with Crippen molar-refractivity contribution in [3.63, 3.8) is 0 Å². The molecular formula is C17H26BrN3O2. The fourth-order valence-electron chi connectivity index (χ4n) is 3.19.